The summed E-state index contributed by atoms with van der Waals surface area (Å²) in [5, 5.41) is 11.5. The predicted molar refractivity (Wildman–Crippen MR) is 64.3 cm³/mol. The summed E-state index contributed by atoms with van der Waals surface area (Å²) in [5.74, 6) is -0.831. The summed E-state index contributed by atoms with van der Waals surface area (Å²) in [5.41, 5.74) is 2.08. The molecule has 2 N–H and O–H groups in total. The maximum Gasteiger partial charge on any atom is 0.303 e. The fraction of sp³-hybridized carbons (Fsp3) is 0.273. The van der Waals surface area contributed by atoms with Crippen LogP contribution in [0.3, 0.4) is 0 Å². The van der Waals surface area contributed by atoms with Crippen LogP contribution >= 0.6 is 12.2 Å². The Morgan fingerprint density at radius 2 is 1.93 bits per heavy atom. The molecule has 0 aliphatic rings. The van der Waals surface area contributed by atoms with Gasteiger partial charge in [0.25, 0.3) is 0 Å². The van der Waals surface area contributed by atoms with Crippen LogP contribution in [-0.2, 0) is 4.79 Å². The lowest BCUT2D eigenvalue weighted by molar-refractivity contribution is -0.136. The van der Waals surface area contributed by atoms with Crippen LogP contribution in [0, 0.1) is 6.92 Å². The van der Waals surface area contributed by atoms with E-state index in [1.54, 1.807) is 0 Å². The van der Waals surface area contributed by atoms with Gasteiger partial charge in [-0.25, -0.2) is 0 Å². The van der Waals surface area contributed by atoms with Gasteiger partial charge in [0.15, 0.2) is 0 Å². The largest absolute Gasteiger partial charge is 0.481 e. The van der Waals surface area contributed by atoms with E-state index in [0.717, 1.165) is 5.69 Å². The first-order valence-corrected chi connectivity index (χ1v) is 5.07. The zero-order valence-corrected chi connectivity index (χ0v) is 9.30. The summed E-state index contributed by atoms with van der Waals surface area (Å²) in [6, 6.07) is 7.79. The van der Waals surface area contributed by atoms with Gasteiger partial charge in [-0.2, -0.15) is 0 Å². The number of anilines is 1. The minimum Gasteiger partial charge on any atom is -0.481 e. The molecule has 0 amide bonds. The molecule has 0 heterocycles. The van der Waals surface area contributed by atoms with Crippen LogP contribution in [0.15, 0.2) is 24.3 Å². The Hall–Kier alpha value is -1.42. The molecule has 4 heteroatoms. The van der Waals surface area contributed by atoms with Crippen molar-refractivity contribution in [3.05, 3.63) is 29.8 Å². The van der Waals surface area contributed by atoms with E-state index in [1.807, 2.05) is 31.2 Å². The van der Waals surface area contributed by atoms with Crippen LogP contribution < -0.4 is 5.32 Å². The molecule has 0 saturated carbocycles. The lowest BCUT2D eigenvalue weighted by Gasteiger charge is -2.06. The Morgan fingerprint density at radius 3 is 2.47 bits per heavy atom. The molecule has 15 heavy (non-hydrogen) atoms. The van der Waals surface area contributed by atoms with Gasteiger partial charge in [0, 0.05) is 12.1 Å². The van der Waals surface area contributed by atoms with E-state index in [-0.39, 0.29) is 6.42 Å². The van der Waals surface area contributed by atoms with Gasteiger partial charge >= 0.3 is 5.97 Å². The van der Waals surface area contributed by atoms with E-state index in [4.69, 9.17) is 17.3 Å². The zero-order chi connectivity index (χ0) is 11.3. The van der Waals surface area contributed by atoms with Crippen molar-refractivity contribution in [2.75, 3.05) is 5.32 Å². The number of rotatable bonds is 4. The van der Waals surface area contributed by atoms with Crippen LogP contribution in [0.1, 0.15) is 18.4 Å². The number of carboxylic acids is 1. The monoisotopic (exact) mass is 223 g/mol. The summed E-state index contributed by atoms with van der Waals surface area (Å²) in [6.07, 6.45) is 0.441. The third kappa shape index (κ3) is 4.56. The number of aryl methyl sites for hydroxylation is 1. The second-order valence-corrected chi connectivity index (χ2v) is 3.80. The molecule has 0 fully saturated rings. The molecule has 0 saturated heterocycles. The predicted octanol–water partition coefficient (Wildman–Crippen LogP) is 2.60. The number of benzene rings is 1. The van der Waals surface area contributed by atoms with Crippen molar-refractivity contribution in [2.45, 2.75) is 19.8 Å². The number of aliphatic carboxylic acids is 1. The van der Waals surface area contributed by atoms with E-state index in [0.29, 0.717) is 11.4 Å². The lowest BCUT2D eigenvalue weighted by atomic mass is 10.2. The number of hydrogen-bond donors (Lipinski definition) is 2. The average Bonchev–Trinajstić information content (AvgIpc) is 2.19. The highest BCUT2D eigenvalue weighted by Crippen LogP contribution is 2.09. The number of carboxylic acid groups (broad SMARTS) is 1. The highest BCUT2D eigenvalue weighted by molar-refractivity contribution is 7.80. The molecule has 80 valence electrons. The molecule has 0 bridgehead atoms. The van der Waals surface area contributed by atoms with Crippen molar-refractivity contribution >= 4 is 28.9 Å². The first kappa shape index (κ1) is 11.7. The van der Waals surface area contributed by atoms with E-state index >= 15 is 0 Å². The van der Waals surface area contributed by atoms with E-state index in [2.05, 4.69) is 5.32 Å². The van der Waals surface area contributed by atoms with Gasteiger partial charge in [-0.15, -0.1) is 0 Å². The second kappa shape index (κ2) is 5.46. The van der Waals surface area contributed by atoms with Gasteiger partial charge in [-0.1, -0.05) is 29.9 Å². The van der Waals surface area contributed by atoms with Crippen LogP contribution in [-0.4, -0.2) is 16.1 Å². The van der Waals surface area contributed by atoms with Crippen molar-refractivity contribution in [3.63, 3.8) is 0 Å². The Labute approximate surface area is 94.1 Å². The van der Waals surface area contributed by atoms with Gasteiger partial charge in [-0.05, 0) is 19.1 Å². The molecule has 1 rings (SSSR count). The molecule has 0 atom stereocenters. The Bertz CT molecular complexity index is 359. The molecule has 1 aromatic rings. The maximum absolute atomic E-state index is 10.3. The standard InChI is InChI=1S/C11H13NO2S/c1-8-2-4-9(5-3-8)12-10(15)6-7-11(13)14/h2-5H,6-7H2,1H3,(H,12,15)(H,13,14). The summed E-state index contributed by atoms with van der Waals surface area (Å²) in [7, 11) is 0. The van der Waals surface area contributed by atoms with Gasteiger partial charge < -0.3 is 10.4 Å². The molecule has 0 aliphatic heterocycles. The van der Waals surface area contributed by atoms with Crippen LogP contribution in [0.2, 0.25) is 0 Å². The first-order valence-electron chi connectivity index (χ1n) is 4.66. The minimum atomic E-state index is -0.831. The molecule has 0 radical (unpaired) electrons. The van der Waals surface area contributed by atoms with Crippen molar-refractivity contribution in [1.29, 1.82) is 0 Å². The quantitative estimate of drug-likeness (QED) is 0.770. The van der Waals surface area contributed by atoms with Crippen molar-refractivity contribution in [3.8, 4) is 0 Å². The summed E-state index contributed by atoms with van der Waals surface area (Å²) in [4.78, 5) is 10.9. The average molecular weight is 223 g/mol. The molecular formula is C11H13NO2S. The second-order valence-electron chi connectivity index (χ2n) is 3.31. The van der Waals surface area contributed by atoms with Gasteiger partial charge in [0.2, 0.25) is 0 Å². The summed E-state index contributed by atoms with van der Waals surface area (Å²) in [6.45, 7) is 2.01. The topological polar surface area (TPSA) is 49.3 Å². The van der Waals surface area contributed by atoms with Crippen LogP contribution in [0.5, 0.6) is 0 Å². The molecule has 0 aromatic heterocycles. The van der Waals surface area contributed by atoms with Crippen molar-refractivity contribution < 1.29 is 9.90 Å². The number of nitrogens with one attached hydrogen (secondary N) is 1. The third-order valence-corrected chi connectivity index (χ3v) is 2.21. The summed E-state index contributed by atoms with van der Waals surface area (Å²) >= 11 is 5.01. The SMILES string of the molecule is Cc1ccc(NC(=S)CCC(=O)O)cc1. The van der Waals surface area contributed by atoms with Gasteiger partial charge in [-0.3, -0.25) is 4.79 Å². The third-order valence-electron chi connectivity index (χ3n) is 1.90. The molecule has 1 aromatic carbocycles. The lowest BCUT2D eigenvalue weighted by Crippen LogP contribution is -2.10. The first-order chi connectivity index (χ1) is 7.08. The summed E-state index contributed by atoms with van der Waals surface area (Å²) < 4.78 is 0. The molecule has 0 spiro atoms. The van der Waals surface area contributed by atoms with Crippen molar-refractivity contribution in [1.82, 2.24) is 0 Å². The molecule has 0 unspecified atom stereocenters. The van der Waals surface area contributed by atoms with Gasteiger partial charge in [0.1, 0.15) is 0 Å². The highest BCUT2D eigenvalue weighted by atomic mass is 32.1. The van der Waals surface area contributed by atoms with E-state index in [1.165, 1.54) is 5.56 Å². The van der Waals surface area contributed by atoms with Crippen LogP contribution in [0.25, 0.3) is 0 Å². The molecule has 3 nitrogen and oxygen atoms in total. The minimum absolute atomic E-state index is 0.0672. The normalized spacial score (nSPS) is 9.67. The number of carbonyl (C=O) groups is 1. The van der Waals surface area contributed by atoms with Crippen LogP contribution in [0.4, 0.5) is 5.69 Å². The van der Waals surface area contributed by atoms with E-state index in [9.17, 15) is 4.79 Å². The number of hydrogen-bond acceptors (Lipinski definition) is 2. The van der Waals surface area contributed by atoms with E-state index < -0.39 is 5.97 Å². The molecule has 0 aliphatic carbocycles. The molecular weight excluding hydrogens is 210 g/mol. The smallest absolute Gasteiger partial charge is 0.303 e. The highest BCUT2D eigenvalue weighted by Gasteiger charge is 2.01. The fourth-order valence-electron chi connectivity index (χ4n) is 1.08. The Kier molecular flexibility index (Phi) is 4.24. The maximum atomic E-state index is 10.3. The zero-order valence-electron chi connectivity index (χ0n) is 8.49. The fourth-order valence-corrected chi connectivity index (χ4v) is 1.30. The number of thiocarbonyl (C=S) groups is 1. The van der Waals surface area contributed by atoms with Crippen molar-refractivity contribution in [2.24, 2.45) is 0 Å². The Morgan fingerprint density at radius 1 is 1.33 bits per heavy atom. The Balaban J connectivity index is 2.44. The van der Waals surface area contributed by atoms with Gasteiger partial charge in [0.05, 0.1) is 11.4 Å².